The fourth-order valence-electron chi connectivity index (χ4n) is 2.46. The van der Waals surface area contributed by atoms with Crippen LogP contribution >= 0.6 is 0 Å². The SMILES string of the molecule is N#Cc1ccc(O)cc1.N#Cc1ccc(O)cc1.c1cc(CCc2ccncc2)ccn1. The van der Waals surface area contributed by atoms with Crippen molar-refractivity contribution in [1.82, 2.24) is 9.97 Å². The molecular weight excluding hydrogens is 400 g/mol. The van der Waals surface area contributed by atoms with Crippen molar-refractivity contribution in [1.29, 1.82) is 10.5 Å². The van der Waals surface area contributed by atoms with Gasteiger partial charge in [-0.25, -0.2) is 0 Å². The summed E-state index contributed by atoms with van der Waals surface area (Å²) >= 11 is 0. The number of aryl methyl sites for hydroxylation is 2. The van der Waals surface area contributed by atoms with E-state index in [1.807, 2.05) is 36.9 Å². The van der Waals surface area contributed by atoms with Crippen LogP contribution in [0.3, 0.4) is 0 Å². The third-order valence-corrected chi connectivity index (χ3v) is 4.19. The molecule has 0 amide bonds. The number of phenols is 2. The Morgan fingerprint density at radius 3 is 1.12 bits per heavy atom. The fraction of sp³-hybridized carbons (Fsp3) is 0.0769. The number of aromatic nitrogens is 2. The van der Waals surface area contributed by atoms with Crippen LogP contribution in [-0.4, -0.2) is 20.2 Å². The summed E-state index contributed by atoms with van der Waals surface area (Å²) in [6, 6.07) is 24.3. The Morgan fingerprint density at radius 2 is 0.844 bits per heavy atom. The third-order valence-electron chi connectivity index (χ3n) is 4.19. The Hall–Kier alpha value is -4.68. The molecular formula is C26H22N4O2. The van der Waals surface area contributed by atoms with Crippen LogP contribution in [0.1, 0.15) is 22.3 Å². The average Bonchev–Trinajstić information content (AvgIpc) is 2.86. The normalized spacial score (nSPS) is 9.06. The summed E-state index contributed by atoms with van der Waals surface area (Å²) in [5.41, 5.74) is 3.79. The number of pyridine rings is 2. The van der Waals surface area contributed by atoms with E-state index < -0.39 is 0 Å². The highest BCUT2D eigenvalue weighted by molar-refractivity contribution is 5.34. The zero-order valence-electron chi connectivity index (χ0n) is 17.3. The van der Waals surface area contributed by atoms with Crippen molar-refractivity contribution < 1.29 is 10.2 Å². The molecule has 0 bridgehead atoms. The molecule has 4 aromatic rings. The van der Waals surface area contributed by atoms with Gasteiger partial charge in [-0.05, 0) is 96.8 Å². The lowest BCUT2D eigenvalue weighted by Crippen LogP contribution is -1.91. The second-order valence-corrected chi connectivity index (χ2v) is 6.53. The first-order chi connectivity index (χ1) is 15.6. The minimum atomic E-state index is 0.189. The van der Waals surface area contributed by atoms with Crippen molar-refractivity contribution in [3.05, 3.63) is 120 Å². The molecule has 0 saturated heterocycles. The van der Waals surface area contributed by atoms with Gasteiger partial charge in [-0.2, -0.15) is 10.5 Å². The molecule has 0 aliphatic carbocycles. The minimum Gasteiger partial charge on any atom is -0.508 e. The minimum absolute atomic E-state index is 0.189. The van der Waals surface area contributed by atoms with E-state index in [9.17, 15) is 0 Å². The number of benzene rings is 2. The van der Waals surface area contributed by atoms with Crippen molar-refractivity contribution in [2.45, 2.75) is 12.8 Å². The maximum Gasteiger partial charge on any atom is 0.115 e. The Bertz CT molecular complexity index is 1040. The van der Waals surface area contributed by atoms with Crippen molar-refractivity contribution in [3.63, 3.8) is 0 Å². The van der Waals surface area contributed by atoms with Gasteiger partial charge >= 0.3 is 0 Å². The topological polar surface area (TPSA) is 114 Å². The van der Waals surface area contributed by atoms with Crippen LogP contribution < -0.4 is 0 Å². The fourth-order valence-corrected chi connectivity index (χ4v) is 2.46. The van der Waals surface area contributed by atoms with Crippen molar-refractivity contribution in [3.8, 4) is 23.6 Å². The highest BCUT2D eigenvalue weighted by Crippen LogP contribution is 2.08. The standard InChI is InChI=1S/C12H12N2.2C7H5NO/c1(11-3-7-13-8-4-11)2-12-5-9-14-10-6-12;2*8-5-6-1-3-7(9)4-2-6/h3-10H,1-2H2;2*1-4,9H. The van der Waals surface area contributed by atoms with E-state index in [0.29, 0.717) is 11.1 Å². The number of hydrogen-bond acceptors (Lipinski definition) is 6. The first kappa shape index (κ1) is 23.6. The van der Waals surface area contributed by atoms with Gasteiger partial charge in [-0.1, -0.05) is 0 Å². The quantitative estimate of drug-likeness (QED) is 0.491. The lowest BCUT2D eigenvalue weighted by atomic mass is 10.1. The predicted molar refractivity (Wildman–Crippen MR) is 122 cm³/mol. The van der Waals surface area contributed by atoms with Crippen LogP contribution in [0.4, 0.5) is 0 Å². The first-order valence-corrected chi connectivity index (χ1v) is 9.77. The molecule has 0 spiro atoms. The van der Waals surface area contributed by atoms with Gasteiger partial charge in [0, 0.05) is 24.8 Å². The van der Waals surface area contributed by atoms with Gasteiger partial charge in [-0.15, -0.1) is 0 Å². The number of nitrogens with zero attached hydrogens (tertiary/aromatic N) is 4. The zero-order chi connectivity index (χ0) is 23.0. The summed E-state index contributed by atoms with van der Waals surface area (Å²) in [6.45, 7) is 0. The summed E-state index contributed by atoms with van der Waals surface area (Å²) in [5.74, 6) is 0.378. The lowest BCUT2D eigenvalue weighted by Gasteiger charge is -2.00. The molecule has 32 heavy (non-hydrogen) atoms. The molecule has 4 rings (SSSR count). The monoisotopic (exact) mass is 422 g/mol. The van der Waals surface area contributed by atoms with E-state index in [1.165, 1.54) is 35.4 Å². The van der Waals surface area contributed by atoms with Crippen LogP contribution in [0.15, 0.2) is 97.6 Å². The summed E-state index contributed by atoms with van der Waals surface area (Å²) in [4.78, 5) is 7.98. The maximum atomic E-state index is 8.74. The van der Waals surface area contributed by atoms with Crippen molar-refractivity contribution >= 4 is 0 Å². The molecule has 0 unspecified atom stereocenters. The molecule has 0 aliphatic rings. The lowest BCUT2D eigenvalue weighted by molar-refractivity contribution is 0.474. The number of rotatable bonds is 3. The first-order valence-electron chi connectivity index (χ1n) is 9.77. The summed E-state index contributed by atoms with van der Waals surface area (Å²) < 4.78 is 0. The second kappa shape index (κ2) is 13.5. The van der Waals surface area contributed by atoms with E-state index in [1.54, 1.807) is 24.3 Å². The van der Waals surface area contributed by atoms with E-state index in [-0.39, 0.29) is 11.5 Å². The summed E-state index contributed by atoms with van der Waals surface area (Å²) in [7, 11) is 0. The molecule has 0 atom stereocenters. The van der Waals surface area contributed by atoms with Gasteiger partial charge in [0.2, 0.25) is 0 Å². The molecule has 0 aliphatic heterocycles. The number of phenolic OH excluding ortho intramolecular Hbond substituents is 2. The van der Waals surface area contributed by atoms with Crippen molar-refractivity contribution in [2.24, 2.45) is 0 Å². The smallest absolute Gasteiger partial charge is 0.115 e. The van der Waals surface area contributed by atoms with E-state index in [4.69, 9.17) is 20.7 Å². The van der Waals surface area contributed by atoms with Gasteiger partial charge in [0.25, 0.3) is 0 Å². The van der Waals surface area contributed by atoms with Crippen LogP contribution in [0.25, 0.3) is 0 Å². The van der Waals surface area contributed by atoms with Gasteiger partial charge in [0.15, 0.2) is 0 Å². The Morgan fingerprint density at radius 1 is 0.531 bits per heavy atom. The van der Waals surface area contributed by atoms with Crippen LogP contribution in [0.5, 0.6) is 11.5 Å². The predicted octanol–water partition coefficient (Wildman–Crippen LogP) is 4.79. The highest BCUT2D eigenvalue weighted by atomic mass is 16.3. The Balaban J connectivity index is 0.000000178. The Kier molecular flexibility index (Phi) is 9.97. The van der Waals surface area contributed by atoms with Crippen LogP contribution in [-0.2, 0) is 12.8 Å². The number of hydrogen-bond donors (Lipinski definition) is 2. The van der Waals surface area contributed by atoms with Gasteiger partial charge in [0.1, 0.15) is 11.5 Å². The Labute approximate surface area is 187 Å². The van der Waals surface area contributed by atoms with Gasteiger partial charge in [0.05, 0.1) is 23.3 Å². The number of aromatic hydroxyl groups is 2. The summed E-state index contributed by atoms with van der Waals surface area (Å²) in [6.07, 6.45) is 9.46. The highest BCUT2D eigenvalue weighted by Gasteiger charge is 1.94. The molecule has 2 aromatic carbocycles. The second-order valence-electron chi connectivity index (χ2n) is 6.53. The van der Waals surface area contributed by atoms with E-state index in [0.717, 1.165) is 12.8 Å². The van der Waals surface area contributed by atoms with Crippen LogP contribution in [0, 0.1) is 22.7 Å². The maximum absolute atomic E-state index is 8.74. The van der Waals surface area contributed by atoms with Gasteiger partial charge in [-0.3, -0.25) is 9.97 Å². The largest absolute Gasteiger partial charge is 0.508 e. The molecule has 2 N–H and O–H groups in total. The molecule has 0 fully saturated rings. The van der Waals surface area contributed by atoms with Gasteiger partial charge < -0.3 is 10.2 Å². The number of nitriles is 2. The molecule has 158 valence electrons. The molecule has 0 radical (unpaired) electrons. The molecule has 6 heteroatoms. The van der Waals surface area contributed by atoms with Crippen molar-refractivity contribution in [2.75, 3.05) is 0 Å². The summed E-state index contributed by atoms with van der Waals surface area (Å²) in [5, 5.41) is 34.1. The van der Waals surface area contributed by atoms with E-state index in [2.05, 4.69) is 34.2 Å². The van der Waals surface area contributed by atoms with Crippen LogP contribution in [0.2, 0.25) is 0 Å². The molecule has 2 heterocycles. The zero-order valence-corrected chi connectivity index (χ0v) is 17.3. The average molecular weight is 422 g/mol. The molecule has 0 saturated carbocycles. The third kappa shape index (κ3) is 9.21. The molecule has 2 aromatic heterocycles. The van der Waals surface area contributed by atoms with E-state index >= 15 is 0 Å². The molecule has 6 nitrogen and oxygen atoms in total.